The fourth-order valence-corrected chi connectivity index (χ4v) is 2.88. The molecular weight excluding hydrogens is 293 g/mol. The van der Waals surface area contributed by atoms with Crippen LogP contribution < -0.4 is 5.73 Å². The highest BCUT2D eigenvalue weighted by atomic mass is 32.2. The fourth-order valence-electron chi connectivity index (χ4n) is 2.14. The summed E-state index contributed by atoms with van der Waals surface area (Å²) < 4.78 is 23.4. The third-order valence-corrected chi connectivity index (χ3v) is 4.47. The summed E-state index contributed by atoms with van der Waals surface area (Å²) in [5, 5.41) is 3.97. The highest BCUT2D eigenvalue weighted by molar-refractivity contribution is 7.98. The second-order valence-electron chi connectivity index (χ2n) is 5.03. The summed E-state index contributed by atoms with van der Waals surface area (Å²) in [6, 6.07) is 6.32. The van der Waals surface area contributed by atoms with Gasteiger partial charge in [0.15, 0.2) is 5.82 Å². The third kappa shape index (κ3) is 3.42. The van der Waals surface area contributed by atoms with E-state index in [4.69, 9.17) is 15.0 Å². The van der Waals surface area contributed by atoms with Crippen LogP contribution in [0.1, 0.15) is 24.6 Å². The Hall–Kier alpha value is -1.44. The maximum Gasteiger partial charge on any atom is 0.246 e. The van der Waals surface area contributed by atoms with E-state index in [-0.39, 0.29) is 5.82 Å². The molecule has 0 radical (unpaired) electrons. The van der Waals surface area contributed by atoms with E-state index in [0.717, 1.165) is 4.90 Å². The van der Waals surface area contributed by atoms with Crippen molar-refractivity contribution < 1.29 is 13.7 Å². The first kappa shape index (κ1) is 14.5. The van der Waals surface area contributed by atoms with Gasteiger partial charge in [0.05, 0.1) is 5.75 Å². The molecule has 0 bridgehead atoms. The smallest absolute Gasteiger partial charge is 0.246 e. The second-order valence-corrected chi connectivity index (χ2v) is 6.08. The van der Waals surface area contributed by atoms with Crippen molar-refractivity contribution in [2.75, 3.05) is 13.2 Å². The van der Waals surface area contributed by atoms with Crippen LogP contribution in [-0.2, 0) is 16.0 Å². The monoisotopic (exact) mass is 309 g/mol. The lowest BCUT2D eigenvalue weighted by atomic mass is 9.91. The van der Waals surface area contributed by atoms with Crippen LogP contribution in [-0.4, -0.2) is 23.4 Å². The lowest BCUT2D eigenvalue weighted by Gasteiger charge is -2.29. The van der Waals surface area contributed by atoms with Crippen LogP contribution in [0.2, 0.25) is 0 Å². The topological polar surface area (TPSA) is 74.2 Å². The van der Waals surface area contributed by atoms with Gasteiger partial charge in [0.2, 0.25) is 5.89 Å². The fraction of sp³-hybridized carbons (Fsp3) is 0.429. The molecule has 0 spiro atoms. The minimum absolute atomic E-state index is 0.245. The summed E-state index contributed by atoms with van der Waals surface area (Å²) in [4.78, 5) is 5.34. The second kappa shape index (κ2) is 6.13. The first-order chi connectivity index (χ1) is 10.2. The number of halogens is 1. The molecule has 1 aromatic heterocycles. The van der Waals surface area contributed by atoms with E-state index in [2.05, 4.69) is 10.1 Å². The lowest BCUT2D eigenvalue weighted by Crippen LogP contribution is -2.42. The van der Waals surface area contributed by atoms with Gasteiger partial charge in [-0.2, -0.15) is 4.98 Å². The van der Waals surface area contributed by atoms with Gasteiger partial charge in [-0.05, 0) is 37.1 Å². The van der Waals surface area contributed by atoms with E-state index in [1.807, 2.05) is 0 Å². The molecule has 2 N–H and O–H groups in total. The number of nitrogens with zero attached hydrogens (tertiary/aromatic N) is 2. The normalized spacial score (nSPS) is 17.8. The van der Waals surface area contributed by atoms with E-state index in [9.17, 15) is 4.39 Å². The molecule has 0 aliphatic carbocycles. The summed E-state index contributed by atoms with van der Waals surface area (Å²) in [6.45, 7) is 1.22. The van der Waals surface area contributed by atoms with Gasteiger partial charge in [-0.15, -0.1) is 11.8 Å². The predicted octanol–water partition coefficient (Wildman–Crippen LogP) is 2.47. The molecule has 2 aromatic rings. The Morgan fingerprint density at radius 2 is 1.95 bits per heavy atom. The molecule has 0 atom stereocenters. The molecule has 5 nitrogen and oxygen atoms in total. The average molecular weight is 309 g/mol. The van der Waals surface area contributed by atoms with Gasteiger partial charge in [-0.25, -0.2) is 4.39 Å². The molecule has 0 saturated carbocycles. The van der Waals surface area contributed by atoms with Gasteiger partial charge in [0.1, 0.15) is 11.4 Å². The SMILES string of the molecule is NC1(c2nc(CSc3ccc(F)cc3)no2)CCOCC1. The largest absolute Gasteiger partial charge is 0.381 e. The number of benzene rings is 1. The summed E-state index contributed by atoms with van der Waals surface area (Å²) >= 11 is 1.52. The molecule has 3 rings (SSSR count). The predicted molar refractivity (Wildman–Crippen MR) is 76.2 cm³/mol. The van der Waals surface area contributed by atoms with Gasteiger partial charge in [0.25, 0.3) is 0 Å². The van der Waals surface area contributed by atoms with E-state index >= 15 is 0 Å². The van der Waals surface area contributed by atoms with Crippen LogP contribution in [0.3, 0.4) is 0 Å². The van der Waals surface area contributed by atoms with Crippen molar-refractivity contribution in [3.8, 4) is 0 Å². The van der Waals surface area contributed by atoms with Crippen molar-refractivity contribution >= 4 is 11.8 Å². The molecule has 2 heterocycles. The molecular formula is C14H16FN3O2S. The molecule has 1 fully saturated rings. The quantitative estimate of drug-likeness (QED) is 0.875. The molecule has 0 unspecified atom stereocenters. The number of rotatable bonds is 4. The Balaban J connectivity index is 1.63. The van der Waals surface area contributed by atoms with E-state index in [1.165, 1.54) is 23.9 Å². The first-order valence-electron chi connectivity index (χ1n) is 6.74. The molecule has 21 heavy (non-hydrogen) atoms. The van der Waals surface area contributed by atoms with E-state index in [1.54, 1.807) is 12.1 Å². The van der Waals surface area contributed by atoms with Crippen molar-refractivity contribution in [3.05, 3.63) is 41.8 Å². The Morgan fingerprint density at radius 1 is 1.24 bits per heavy atom. The standard InChI is InChI=1S/C14H16FN3O2S/c15-10-1-3-11(4-2-10)21-9-12-17-13(20-18-12)14(16)5-7-19-8-6-14/h1-4H,5-9,16H2. The first-order valence-corrected chi connectivity index (χ1v) is 7.72. The van der Waals surface area contributed by atoms with Crippen LogP contribution >= 0.6 is 11.8 Å². The minimum Gasteiger partial charge on any atom is -0.381 e. The van der Waals surface area contributed by atoms with Gasteiger partial charge in [-0.3, -0.25) is 0 Å². The average Bonchev–Trinajstić information content (AvgIpc) is 2.97. The number of ether oxygens (including phenoxy) is 1. The zero-order chi connectivity index (χ0) is 14.7. The van der Waals surface area contributed by atoms with Gasteiger partial charge >= 0.3 is 0 Å². The Morgan fingerprint density at radius 3 is 2.67 bits per heavy atom. The van der Waals surface area contributed by atoms with E-state index in [0.29, 0.717) is 43.5 Å². The highest BCUT2D eigenvalue weighted by Crippen LogP contribution is 2.29. The van der Waals surface area contributed by atoms with Crippen LogP contribution in [0.4, 0.5) is 4.39 Å². The van der Waals surface area contributed by atoms with Crippen LogP contribution in [0.5, 0.6) is 0 Å². The Labute approximate surface area is 126 Å². The van der Waals surface area contributed by atoms with Gasteiger partial charge in [0, 0.05) is 18.1 Å². The van der Waals surface area contributed by atoms with E-state index < -0.39 is 5.54 Å². The number of aromatic nitrogens is 2. The van der Waals surface area contributed by atoms with Crippen LogP contribution in [0, 0.1) is 5.82 Å². The molecule has 1 aliphatic heterocycles. The van der Waals surface area contributed by atoms with Gasteiger partial charge < -0.3 is 15.0 Å². The van der Waals surface area contributed by atoms with Crippen LogP contribution in [0.25, 0.3) is 0 Å². The summed E-state index contributed by atoms with van der Waals surface area (Å²) in [7, 11) is 0. The summed E-state index contributed by atoms with van der Waals surface area (Å²) in [5.74, 6) is 1.38. The Bertz CT molecular complexity index is 597. The molecule has 1 aromatic carbocycles. The maximum atomic E-state index is 12.8. The lowest BCUT2D eigenvalue weighted by molar-refractivity contribution is 0.0400. The number of hydrogen-bond acceptors (Lipinski definition) is 6. The zero-order valence-corrected chi connectivity index (χ0v) is 12.2. The zero-order valence-electron chi connectivity index (χ0n) is 11.4. The van der Waals surface area contributed by atoms with Gasteiger partial charge in [-0.1, -0.05) is 5.16 Å². The molecule has 7 heteroatoms. The number of nitrogens with two attached hydrogens (primary N) is 1. The van der Waals surface area contributed by atoms with Crippen molar-refractivity contribution in [2.45, 2.75) is 29.0 Å². The molecule has 112 valence electrons. The van der Waals surface area contributed by atoms with Crippen molar-refractivity contribution in [3.63, 3.8) is 0 Å². The third-order valence-electron chi connectivity index (χ3n) is 3.46. The summed E-state index contributed by atoms with van der Waals surface area (Å²) in [6.07, 6.45) is 1.36. The molecule has 1 aliphatic rings. The highest BCUT2D eigenvalue weighted by Gasteiger charge is 2.35. The van der Waals surface area contributed by atoms with Crippen molar-refractivity contribution in [2.24, 2.45) is 5.73 Å². The number of thioether (sulfide) groups is 1. The maximum absolute atomic E-state index is 12.8. The van der Waals surface area contributed by atoms with Crippen molar-refractivity contribution in [1.29, 1.82) is 0 Å². The number of hydrogen-bond donors (Lipinski definition) is 1. The van der Waals surface area contributed by atoms with Crippen molar-refractivity contribution in [1.82, 2.24) is 10.1 Å². The Kier molecular flexibility index (Phi) is 4.23. The minimum atomic E-state index is -0.579. The van der Waals surface area contributed by atoms with Crippen LogP contribution in [0.15, 0.2) is 33.7 Å². The summed E-state index contributed by atoms with van der Waals surface area (Å²) in [5.41, 5.74) is 5.71. The molecule has 0 amide bonds. The molecule has 1 saturated heterocycles.